The van der Waals surface area contributed by atoms with Gasteiger partial charge in [0.1, 0.15) is 0 Å². The average Bonchev–Trinajstić information content (AvgIpc) is 2.93. The van der Waals surface area contributed by atoms with E-state index in [1.165, 1.54) is 31.6 Å². The van der Waals surface area contributed by atoms with E-state index in [0.29, 0.717) is 6.04 Å². The SMILES string of the molecule is CSCCN(C)CCC(N)C1CC1. The molecule has 0 radical (unpaired) electrons. The summed E-state index contributed by atoms with van der Waals surface area (Å²) in [5, 5.41) is 0. The summed E-state index contributed by atoms with van der Waals surface area (Å²) >= 11 is 1.91. The van der Waals surface area contributed by atoms with Gasteiger partial charge in [0.25, 0.3) is 0 Å². The van der Waals surface area contributed by atoms with E-state index in [0.717, 1.165) is 12.5 Å². The van der Waals surface area contributed by atoms with Gasteiger partial charge in [-0.2, -0.15) is 11.8 Å². The Balaban J connectivity index is 1.96. The molecule has 1 fully saturated rings. The molecule has 0 heterocycles. The Hall–Kier alpha value is 0.270. The van der Waals surface area contributed by atoms with Gasteiger partial charge in [-0.15, -0.1) is 0 Å². The molecule has 0 saturated heterocycles. The quantitative estimate of drug-likeness (QED) is 0.677. The molecule has 78 valence electrons. The molecule has 0 bridgehead atoms. The van der Waals surface area contributed by atoms with Crippen LogP contribution < -0.4 is 5.73 Å². The fourth-order valence-corrected chi connectivity index (χ4v) is 1.98. The minimum atomic E-state index is 0.469. The van der Waals surface area contributed by atoms with Crippen molar-refractivity contribution in [2.24, 2.45) is 11.7 Å². The zero-order chi connectivity index (χ0) is 9.68. The molecule has 13 heavy (non-hydrogen) atoms. The molecule has 1 aliphatic rings. The lowest BCUT2D eigenvalue weighted by molar-refractivity contribution is 0.329. The summed E-state index contributed by atoms with van der Waals surface area (Å²) in [5.74, 6) is 2.09. The van der Waals surface area contributed by atoms with Gasteiger partial charge in [-0.3, -0.25) is 0 Å². The lowest BCUT2D eigenvalue weighted by atomic mass is 10.1. The molecule has 1 saturated carbocycles. The van der Waals surface area contributed by atoms with Crippen LogP contribution in [0.1, 0.15) is 19.3 Å². The van der Waals surface area contributed by atoms with Gasteiger partial charge in [0.2, 0.25) is 0 Å². The van der Waals surface area contributed by atoms with Gasteiger partial charge in [0.15, 0.2) is 0 Å². The monoisotopic (exact) mass is 202 g/mol. The largest absolute Gasteiger partial charge is 0.327 e. The van der Waals surface area contributed by atoms with Crippen LogP contribution in [0.15, 0.2) is 0 Å². The van der Waals surface area contributed by atoms with Crippen molar-refractivity contribution >= 4 is 11.8 Å². The summed E-state index contributed by atoms with van der Waals surface area (Å²) in [6.07, 6.45) is 6.07. The summed E-state index contributed by atoms with van der Waals surface area (Å²) in [4.78, 5) is 2.39. The second-order valence-corrected chi connectivity index (χ2v) is 5.07. The molecule has 2 N–H and O–H groups in total. The Morgan fingerprint density at radius 3 is 2.69 bits per heavy atom. The summed E-state index contributed by atoms with van der Waals surface area (Å²) in [6.45, 7) is 2.36. The molecule has 0 aromatic heterocycles. The first-order valence-corrected chi connectivity index (χ1v) is 6.56. The van der Waals surface area contributed by atoms with E-state index in [2.05, 4.69) is 18.2 Å². The van der Waals surface area contributed by atoms with Crippen molar-refractivity contribution < 1.29 is 0 Å². The molecule has 2 nitrogen and oxygen atoms in total. The predicted molar refractivity (Wildman–Crippen MR) is 61.2 cm³/mol. The molecular weight excluding hydrogens is 180 g/mol. The van der Waals surface area contributed by atoms with Crippen LogP contribution >= 0.6 is 11.8 Å². The van der Waals surface area contributed by atoms with E-state index in [1.807, 2.05) is 11.8 Å². The van der Waals surface area contributed by atoms with Crippen molar-refractivity contribution in [3.8, 4) is 0 Å². The fourth-order valence-electron chi connectivity index (χ4n) is 1.49. The van der Waals surface area contributed by atoms with E-state index < -0.39 is 0 Å². The maximum atomic E-state index is 6.02. The molecular formula is C10H22N2S. The predicted octanol–water partition coefficient (Wildman–Crippen LogP) is 1.41. The number of thioether (sulfide) groups is 1. The molecule has 0 aromatic carbocycles. The highest BCUT2D eigenvalue weighted by molar-refractivity contribution is 7.98. The van der Waals surface area contributed by atoms with Crippen molar-refractivity contribution in [2.75, 3.05) is 32.1 Å². The second-order valence-electron chi connectivity index (χ2n) is 4.09. The van der Waals surface area contributed by atoms with Crippen LogP contribution in [-0.4, -0.2) is 43.1 Å². The van der Waals surface area contributed by atoms with Gasteiger partial charge >= 0.3 is 0 Å². The number of nitrogens with two attached hydrogens (primary N) is 1. The highest BCUT2D eigenvalue weighted by Gasteiger charge is 2.27. The molecule has 0 aromatic rings. The lowest BCUT2D eigenvalue weighted by Crippen LogP contribution is -2.30. The minimum absolute atomic E-state index is 0.469. The summed E-state index contributed by atoms with van der Waals surface area (Å²) < 4.78 is 0. The van der Waals surface area contributed by atoms with Crippen LogP contribution in [0.25, 0.3) is 0 Å². The summed E-state index contributed by atoms with van der Waals surface area (Å²) in [5.41, 5.74) is 6.02. The van der Waals surface area contributed by atoms with E-state index in [4.69, 9.17) is 5.73 Å². The van der Waals surface area contributed by atoms with Crippen LogP contribution in [0.4, 0.5) is 0 Å². The molecule has 3 heteroatoms. The topological polar surface area (TPSA) is 29.3 Å². The van der Waals surface area contributed by atoms with Crippen molar-refractivity contribution in [3.63, 3.8) is 0 Å². The number of nitrogens with zero attached hydrogens (tertiary/aromatic N) is 1. The maximum absolute atomic E-state index is 6.02. The molecule has 1 rings (SSSR count). The van der Waals surface area contributed by atoms with Gasteiger partial charge in [-0.1, -0.05) is 0 Å². The first kappa shape index (κ1) is 11.3. The molecule has 1 atom stereocenters. The molecule has 1 unspecified atom stereocenters. The van der Waals surface area contributed by atoms with Gasteiger partial charge in [-0.25, -0.2) is 0 Å². The number of hydrogen-bond acceptors (Lipinski definition) is 3. The van der Waals surface area contributed by atoms with Gasteiger partial charge in [0.05, 0.1) is 0 Å². The van der Waals surface area contributed by atoms with Crippen LogP contribution in [0.3, 0.4) is 0 Å². The van der Waals surface area contributed by atoms with E-state index in [9.17, 15) is 0 Å². The third-order valence-electron chi connectivity index (χ3n) is 2.75. The first-order valence-electron chi connectivity index (χ1n) is 5.17. The fraction of sp³-hybridized carbons (Fsp3) is 1.00. The van der Waals surface area contributed by atoms with Gasteiger partial charge in [0, 0.05) is 18.3 Å². The summed E-state index contributed by atoms with van der Waals surface area (Å²) in [6, 6.07) is 0.469. The third kappa shape index (κ3) is 4.89. The minimum Gasteiger partial charge on any atom is -0.327 e. The zero-order valence-electron chi connectivity index (χ0n) is 8.83. The third-order valence-corrected chi connectivity index (χ3v) is 3.34. The normalized spacial score (nSPS) is 19.4. The second kappa shape index (κ2) is 5.89. The van der Waals surface area contributed by atoms with E-state index >= 15 is 0 Å². The number of rotatable bonds is 7. The number of hydrogen-bond donors (Lipinski definition) is 1. The molecule has 0 aliphatic heterocycles. The maximum Gasteiger partial charge on any atom is 0.00793 e. The van der Waals surface area contributed by atoms with E-state index in [1.54, 1.807) is 0 Å². The molecule has 0 spiro atoms. The van der Waals surface area contributed by atoms with Gasteiger partial charge < -0.3 is 10.6 Å². The lowest BCUT2D eigenvalue weighted by Gasteiger charge is -2.18. The smallest absolute Gasteiger partial charge is 0.00793 e. The molecule has 0 amide bonds. The van der Waals surface area contributed by atoms with Crippen LogP contribution in [0, 0.1) is 5.92 Å². The highest BCUT2D eigenvalue weighted by atomic mass is 32.2. The van der Waals surface area contributed by atoms with Crippen LogP contribution in [0.5, 0.6) is 0 Å². The van der Waals surface area contributed by atoms with Crippen LogP contribution in [0.2, 0.25) is 0 Å². The average molecular weight is 202 g/mol. The van der Waals surface area contributed by atoms with Crippen molar-refractivity contribution in [1.29, 1.82) is 0 Å². The van der Waals surface area contributed by atoms with Crippen molar-refractivity contribution in [2.45, 2.75) is 25.3 Å². The zero-order valence-corrected chi connectivity index (χ0v) is 9.65. The Morgan fingerprint density at radius 2 is 2.15 bits per heavy atom. The van der Waals surface area contributed by atoms with Crippen molar-refractivity contribution in [1.82, 2.24) is 4.90 Å². The van der Waals surface area contributed by atoms with Gasteiger partial charge in [-0.05, 0) is 45.0 Å². The van der Waals surface area contributed by atoms with Crippen molar-refractivity contribution in [3.05, 3.63) is 0 Å². The summed E-state index contributed by atoms with van der Waals surface area (Å²) in [7, 11) is 2.19. The standard InChI is InChI=1S/C10H22N2S/c1-12(7-8-13-2)6-5-10(11)9-3-4-9/h9-10H,3-8,11H2,1-2H3. The molecule has 1 aliphatic carbocycles. The van der Waals surface area contributed by atoms with Crippen LogP contribution in [-0.2, 0) is 0 Å². The Labute approximate surface area is 86.2 Å². The highest BCUT2D eigenvalue weighted by Crippen LogP contribution is 2.32. The Bertz CT molecular complexity index is 137. The first-order chi connectivity index (χ1) is 6.24. The Morgan fingerprint density at radius 1 is 1.46 bits per heavy atom. The Kier molecular flexibility index (Phi) is 5.14. The van der Waals surface area contributed by atoms with E-state index in [-0.39, 0.29) is 0 Å².